The molecule has 5 nitrogen and oxygen atoms in total. The van der Waals surface area contributed by atoms with E-state index in [1.807, 2.05) is 32.7 Å². The van der Waals surface area contributed by atoms with E-state index in [1.54, 1.807) is 4.90 Å². The lowest BCUT2D eigenvalue weighted by molar-refractivity contribution is -0.130. The van der Waals surface area contributed by atoms with Gasteiger partial charge in [-0.3, -0.25) is 14.5 Å². The van der Waals surface area contributed by atoms with Gasteiger partial charge in [0.1, 0.15) is 0 Å². The molecule has 0 heterocycles. The summed E-state index contributed by atoms with van der Waals surface area (Å²) >= 11 is 0. The van der Waals surface area contributed by atoms with Crippen LogP contribution in [0.1, 0.15) is 49.3 Å². The summed E-state index contributed by atoms with van der Waals surface area (Å²) in [5, 5.41) is 3.00. The molecule has 0 unspecified atom stereocenters. The molecule has 0 saturated carbocycles. The first-order chi connectivity index (χ1) is 12.8. The number of rotatable bonds is 8. The Hall–Kier alpha value is -2.14. The fraction of sp³-hybridized carbons (Fsp3) is 0.545. The molecule has 0 fully saturated rings. The molecule has 27 heavy (non-hydrogen) atoms. The molecule has 0 radical (unpaired) electrons. The molecular weight excluding hydrogens is 338 g/mol. The average Bonchev–Trinajstić information content (AvgIpc) is 3.09. The van der Waals surface area contributed by atoms with E-state index in [1.165, 1.54) is 5.56 Å². The summed E-state index contributed by atoms with van der Waals surface area (Å²) in [4.78, 5) is 28.9. The van der Waals surface area contributed by atoms with Gasteiger partial charge in [0.05, 0.1) is 13.1 Å². The molecule has 1 aromatic carbocycles. The minimum absolute atomic E-state index is 0.0722. The lowest BCUT2D eigenvalue weighted by Gasteiger charge is -2.26. The van der Waals surface area contributed by atoms with Gasteiger partial charge in [-0.15, -0.1) is 0 Å². The predicted octanol–water partition coefficient (Wildman–Crippen LogP) is 3.79. The van der Waals surface area contributed by atoms with E-state index < -0.39 is 0 Å². The molecule has 0 saturated heterocycles. The topological polar surface area (TPSA) is 52.7 Å². The minimum atomic E-state index is -0.0949. The van der Waals surface area contributed by atoms with Crippen LogP contribution in [0.15, 0.2) is 23.9 Å². The van der Waals surface area contributed by atoms with Crippen LogP contribution in [-0.4, -0.2) is 48.3 Å². The molecule has 1 N–H and O–H groups in total. The van der Waals surface area contributed by atoms with Crippen molar-refractivity contribution in [1.29, 1.82) is 0 Å². The van der Waals surface area contributed by atoms with Crippen LogP contribution in [0.4, 0.5) is 5.69 Å². The Kier molecular flexibility index (Phi) is 7.60. The Morgan fingerprint density at radius 3 is 2.33 bits per heavy atom. The van der Waals surface area contributed by atoms with Gasteiger partial charge < -0.3 is 10.2 Å². The highest BCUT2D eigenvalue weighted by molar-refractivity contribution is 5.94. The summed E-state index contributed by atoms with van der Waals surface area (Å²) < 4.78 is 0. The van der Waals surface area contributed by atoms with Gasteiger partial charge in [0, 0.05) is 17.9 Å². The number of nitrogens with zero attached hydrogens (tertiary/aromatic N) is 2. The minimum Gasteiger partial charge on any atom is -0.324 e. The molecule has 0 bridgehead atoms. The van der Waals surface area contributed by atoms with Gasteiger partial charge in [-0.05, 0) is 64.6 Å². The monoisotopic (exact) mass is 371 g/mol. The number of benzene rings is 1. The van der Waals surface area contributed by atoms with Gasteiger partial charge in [0.2, 0.25) is 11.8 Å². The summed E-state index contributed by atoms with van der Waals surface area (Å²) in [5.74, 6) is -0.0227. The third-order valence-electron chi connectivity index (χ3n) is 4.87. The number of hydrogen-bond acceptors (Lipinski definition) is 3. The van der Waals surface area contributed by atoms with Gasteiger partial charge in [-0.1, -0.05) is 30.7 Å². The number of likely N-dealkylation sites (N-methyl/N-ethyl adjacent to an activating group) is 1. The lowest BCUT2D eigenvalue weighted by atomic mass is 10.1. The molecule has 5 heteroatoms. The summed E-state index contributed by atoms with van der Waals surface area (Å²) in [6, 6.07) is 4.13. The number of hydrogen-bond donors (Lipinski definition) is 1. The standard InChI is InChI=1S/C22H33N3O2/c1-6-11-25(19-9-7-8-10-19)21(27)15-24(5)14-20(26)23-22-17(3)12-16(2)13-18(22)4/h9,12-13H,6-8,10-11,14-15H2,1-5H3,(H,23,26). The van der Waals surface area contributed by atoms with Crippen molar-refractivity contribution in [2.45, 2.75) is 53.4 Å². The summed E-state index contributed by atoms with van der Waals surface area (Å²) in [6.07, 6.45) is 6.25. The van der Waals surface area contributed by atoms with Gasteiger partial charge in [-0.2, -0.15) is 0 Å². The van der Waals surface area contributed by atoms with Crippen LogP contribution in [0.2, 0.25) is 0 Å². The maximum absolute atomic E-state index is 12.7. The first kappa shape index (κ1) is 21.2. The molecule has 0 aliphatic heterocycles. The summed E-state index contributed by atoms with van der Waals surface area (Å²) in [6.45, 7) is 9.31. The Bertz CT molecular complexity index is 701. The highest BCUT2D eigenvalue weighted by Gasteiger charge is 2.21. The third-order valence-corrected chi connectivity index (χ3v) is 4.87. The lowest BCUT2D eigenvalue weighted by Crippen LogP contribution is -2.41. The van der Waals surface area contributed by atoms with E-state index in [4.69, 9.17) is 0 Å². The molecule has 0 atom stereocenters. The van der Waals surface area contributed by atoms with Gasteiger partial charge >= 0.3 is 0 Å². The number of anilines is 1. The van der Waals surface area contributed by atoms with Gasteiger partial charge in [-0.25, -0.2) is 0 Å². The molecule has 1 aliphatic carbocycles. The van der Waals surface area contributed by atoms with Crippen LogP contribution >= 0.6 is 0 Å². The van der Waals surface area contributed by atoms with Gasteiger partial charge in [0.15, 0.2) is 0 Å². The van der Waals surface area contributed by atoms with Crippen molar-refractivity contribution in [1.82, 2.24) is 9.80 Å². The highest BCUT2D eigenvalue weighted by Crippen LogP contribution is 2.23. The van der Waals surface area contributed by atoms with Crippen LogP contribution in [-0.2, 0) is 9.59 Å². The van der Waals surface area contributed by atoms with Crippen LogP contribution in [0.3, 0.4) is 0 Å². The Morgan fingerprint density at radius 2 is 1.78 bits per heavy atom. The number of allylic oxidation sites excluding steroid dienone is 2. The molecule has 0 aromatic heterocycles. The summed E-state index contributed by atoms with van der Waals surface area (Å²) in [7, 11) is 1.82. The van der Waals surface area contributed by atoms with Crippen molar-refractivity contribution in [3.63, 3.8) is 0 Å². The zero-order valence-corrected chi connectivity index (χ0v) is 17.4. The molecule has 1 aromatic rings. The molecule has 2 rings (SSSR count). The number of carbonyl (C=O) groups is 2. The number of amides is 2. The molecule has 2 amide bonds. The fourth-order valence-electron chi connectivity index (χ4n) is 3.72. The first-order valence-electron chi connectivity index (χ1n) is 9.87. The van der Waals surface area contributed by atoms with Crippen LogP contribution < -0.4 is 5.32 Å². The van der Waals surface area contributed by atoms with Crippen molar-refractivity contribution >= 4 is 17.5 Å². The Labute approximate surface area is 163 Å². The van der Waals surface area contributed by atoms with Crippen molar-refractivity contribution in [3.8, 4) is 0 Å². The van der Waals surface area contributed by atoms with E-state index in [-0.39, 0.29) is 24.9 Å². The normalized spacial score (nSPS) is 13.6. The maximum atomic E-state index is 12.7. The van der Waals surface area contributed by atoms with E-state index in [9.17, 15) is 9.59 Å². The molecule has 1 aliphatic rings. The van der Waals surface area contributed by atoms with E-state index >= 15 is 0 Å². The quantitative estimate of drug-likeness (QED) is 0.756. The van der Waals surface area contributed by atoms with E-state index in [2.05, 4.69) is 30.4 Å². The van der Waals surface area contributed by atoms with E-state index in [0.717, 1.165) is 54.7 Å². The van der Waals surface area contributed by atoms with Crippen molar-refractivity contribution < 1.29 is 9.59 Å². The van der Waals surface area contributed by atoms with Crippen molar-refractivity contribution in [2.75, 3.05) is 32.0 Å². The summed E-state index contributed by atoms with van der Waals surface area (Å²) in [5.41, 5.74) is 5.31. The Morgan fingerprint density at radius 1 is 1.11 bits per heavy atom. The number of nitrogens with one attached hydrogen (secondary N) is 1. The molecule has 0 spiro atoms. The predicted molar refractivity (Wildman–Crippen MR) is 111 cm³/mol. The number of carbonyl (C=O) groups excluding carboxylic acids is 2. The van der Waals surface area contributed by atoms with E-state index in [0.29, 0.717) is 0 Å². The maximum Gasteiger partial charge on any atom is 0.240 e. The molecule has 148 valence electrons. The van der Waals surface area contributed by atoms with Gasteiger partial charge in [0.25, 0.3) is 0 Å². The SMILES string of the molecule is CCCN(C(=O)CN(C)CC(=O)Nc1c(C)cc(C)cc1C)C1=CCCC1. The first-order valence-corrected chi connectivity index (χ1v) is 9.87. The Balaban J connectivity index is 1.93. The third kappa shape index (κ3) is 5.93. The second-order valence-electron chi connectivity index (χ2n) is 7.63. The van der Waals surface area contributed by atoms with Crippen molar-refractivity contribution in [3.05, 3.63) is 40.6 Å². The smallest absolute Gasteiger partial charge is 0.240 e. The second-order valence-corrected chi connectivity index (χ2v) is 7.63. The van der Waals surface area contributed by atoms with Crippen molar-refractivity contribution in [2.24, 2.45) is 0 Å². The zero-order valence-electron chi connectivity index (χ0n) is 17.4. The second kappa shape index (κ2) is 9.70. The fourth-order valence-corrected chi connectivity index (χ4v) is 3.72. The molecular formula is C22H33N3O2. The highest BCUT2D eigenvalue weighted by atomic mass is 16.2. The van der Waals surface area contributed by atoms with Crippen LogP contribution in [0.5, 0.6) is 0 Å². The van der Waals surface area contributed by atoms with Crippen LogP contribution in [0.25, 0.3) is 0 Å². The number of aryl methyl sites for hydroxylation is 3. The zero-order chi connectivity index (χ0) is 20.0. The van der Waals surface area contributed by atoms with Crippen LogP contribution in [0, 0.1) is 20.8 Å². The average molecular weight is 372 g/mol. The largest absolute Gasteiger partial charge is 0.324 e.